The molecular formula is C28H25ClN2O6S. The minimum absolute atomic E-state index is 0.0139. The van der Waals surface area contributed by atoms with Crippen molar-refractivity contribution in [1.82, 2.24) is 4.98 Å². The summed E-state index contributed by atoms with van der Waals surface area (Å²) in [7, 11) is 0. The number of anilines is 1. The molecule has 4 rings (SSSR count). The molecular weight excluding hydrogens is 528 g/mol. The number of ketones is 1. The first-order valence-electron chi connectivity index (χ1n) is 11.7. The van der Waals surface area contributed by atoms with Crippen molar-refractivity contribution in [1.29, 1.82) is 0 Å². The zero-order valence-corrected chi connectivity index (χ0v) is 22.6. The first-order chi connectivity index (χ1) is 18.2. The van der Waals surface area contributed by atoms with Gasteiger partial charge in [0.2, 0.25) is 0 Å². The Hall–Kier alpha value is -3.95. The van der Waals surface area contributed by atoms with Gasteiger partial charge in [0, 0.05) is 10.6 Å². The molecule has 10 heteroatoms. The molecule has 1 N–H and O–H groups in total. The third-order valence-corrected chi connectivity index (χ3v) is 7.24. The number of amides is 1. The molecule has 2 heterocycles. The highest BCUT2D eigenvalue weighted by atomic mass is 35.5. The van der Waals surface area contributed by atoms with Crippen LogP contribution in [-0.4, -0.2) is 41.0 Å². The molecule has 1 atom stereocenters. The Kier molecular flexibility index (Phi) is 7.99. The van der Waals surface area contributed by atoms with Gasteiger partial charge in [-0.2, -0.15) is 0 Å². The van der Waals surface area contributed by atoms with E-state index in [9.17, 15) is 19.5 Å². The molecule has 1 aliphatic heterocycles. The number of esters is 1. The summed E-state index contributed by atoms with van der Waals surface area (Å²) >= 11 is 7.18. The smallest absolute Gasteiger partial charge is 0.350 e. The summed E-state index contributed by atoms with van der Waals surface area (Å²) in [5.41, 5.74) is 1.81. The summed E-state index contributed by atoms with van der Waals surface area (Å²) in [6.45, 7) is 9.31. The van der Waals surface area contributed by atoms with Crippen molar-refractivity contribution in [2.24, 2.45) is 0 Å². The maximum atomic E-state index is 13.4. The highest BCUT2D eigenvalue weighted by Crippen LogP contribution is 2.44. The van der Waals surface area contributed by atoms with Gasteiger partial charge in [-0.05, 0) is 62.2 Å². The van der Waals surface area contributed by atoms with Gasteiger partial charge in [0.15, 0.2) is 5.13 Å². The first kappa shape index (κ1) is 27.1. The summed E-state index contributed by atoms with van der Waals surface area (Å²) in [4.78, 5) is 45.1. The SMILES string of the molecule is C=CCOC(=O)c1sc(N2C(=O)C(=O)C(=C(O)c3ccc(OCC)c(C)c3)C2c2cccc(Cl)c2)nc1C. The lowest BCUT2D eigenvalue weighted by molar-refractivity contribution is -0.132. The fourth-order valence-corrected chi connectivity index (χ4v) is 5.35. The molecule has 0 bridgehead atoms. The molecule has 1 aromatic heterocycles. The zero-order valence-electron chi connectivity index (χ0n) is 21.0. The van der Waals surface area contributed by atoms with Gasteiger partial charge in [-0.3, -0.25) is 14.5 Å². The number of nitrogens with zero attached hydrogens (tertiary/aromatic N) is 2. The van der Waals surface area contributed by atoms with Gasteiger partial charge in [0.05, 0.1) is 23.9 Å². The van der Waals surface area contributed by atoms with Crippen molar-refractivity contribution in [2.75, 3.05) is 18.1 Å². The van der Waals surface area contributed by atoms with Gasteiger partial charge in [-0.15, -0.1) is 0 Å². The second kappa shape index (κ2) is 11.2. The van der Waals surface area contributed by atoms with Crippen LogP contribution in [0.2, 0.25) is 5.02 Å². The largest absolute Gasteiger partial charge is 0.507 e. The Morgan fingerprint density at radius 2 is 2.00 bits per heavy atom. The minimum Gasteiger partial charge on any atom is -0.507 e. The molecule has 1 fully saturated rings. The van der Waals surface area contributed by atoms with E-state index in [4.69, 9.17) is 21.1 Å². The second-order valence-electron chi connectivity index (χ2n) is 8.44. The number of aliphatic hydroxyl groups is 1. The standard InChI is InChI=1S/C28H25ClN2O6S/c1-5-12-37-27(35)25-16(4)30-28(38-25)31-22(17-8-7-9-19(29)14-17)21(24(33)26(31)34)23(32)18-10-11-20(36-6-2)15(3)13-18/h5,7-11,13-14,22,32H,1,6,12H2,2-4H3. The molecule has 1 unspecified atom stereocenters. The Bertz CT molecular complexity index is 1480. The Morgan fingerprint density at radius 1 is 1.24 bits per heavy atom. The van der Waals surface area contributed by atoms with E-state index in [0.717, 1.165) is 16.9 Å². The van der Waals surface area contributed by atoms with E-state index in [1.807, 2.05) is 13.8 Å². The molecule has 2 aromatic carbocycles. The minimum atomic E-state index is -1.04. The van der Waals surface area contributed by atoms with E-state index in [2.05, 4.69) is 11.6 Å². The van der Waals surface area contributed by atoms with Gasteiger partial charge in [0.1, 0.15) is 23.0 Å². The first-order valence-corrected chi connectivity index (χ1v) is 12.9. The summed E-state index contributed by atoms with van der Waals surface area (Å²) in [6, 6.07) is 10.6. The number of carbonyl (C=O) groups is 3. The third-order valence-electron chi connectivity index (χ3n) is 5.87. The highest BCUT2D eigenvalue weighted by Gasteiger charge is 2.48. The second-order valence-corrected chi connectivity index (χ2v) is 9.85. The predicted octanol–water partition coefficient (Wildman–Crippen LogP) is 5.78. The van der Waals surface area contributed by atoms with Crippen LogP contribution in [0.1, 0.15) is 45.0 Å². The lowest BCUT2D eigenvalue weighted by Gasteiger charge is -2.23. The molecule has 196 valence electrons. The number of hydrogen-bond donors (Lipinski definition) is 1. The van der Waals surface area contributed by atoms with E-state index in [1.54, 1.807) is 49.4 Å². The van der Waals surface area contributed by atoms with Crippen molar-refractivity contribution in [3.63, 3.8) is 0 Å². The number of benzene rings is 2. The van der Waals surface area contributed by atoms with E-state index in [1.165, 1.54) is 11.0 Å². The Labute approximate surface area is 228 Å². The molecule has 0 aliphatic carbocycles. The fourth-order valence-electron chi connectivity index (χ4n) is 4.17. The summed E-state index contributed by atoms with van der Waals surface area (Å²) in [5, 5.41) is 11.9. The number of aromatic nitrogens is 1. The topological polar surface area (TPSA) is 106 Å². The quantitative estimate of drug-likeness (QED) is 0.124. The van der Waals surface area contributed by atoms with Crippen LogP contribution < -0.4 is 9.64 Å². The Balaban J connectivity index is 1.88. The molecule has 1 aliphatic rings. The maximum Gasteiger partial charge on any atom is 0.350 e. The molecule has 1 amide bonds. The number of Topliss-reactive ketones (excluding diaryl/α,β-unsaturated/α-hetero) is 1. The lowest BCUT2D eigenvalue weighted by Crippen LogP contribution is -2.29. The monoisotopic (exact) mass is 552 g/mol. The van der Waals surface area contributed by atoms with Crippen molar-refractivity contribution in [3.05, 3.63) is 93.0 Å². The zero-order chi connectivity index (χ0) is 27.6. The normalized spacial score (nSPS) is 16.5. The van der Waals surface area contributed by atoms with Crippen LogP contribution in [0.25, 0.3) is 5.76 Å². The number of aliphatic hydroxyl groups excluding tert-OH is 1. The summed E-state index contributed by atoms with van der Waals surface area (Å²) < 4.78 is 10.7. The Morgan fingerprint density at radius 3 is 2.66 bits per heavy atom. The number of rotatable bonds is 8. The van der Waals surface area contributed by atoms with Gasteiger partial charge < -0.3 is 14.6 Å². The number of halogens is 1. The van der Waals surface area contributed by atoms with Crippen LogP contribution in [-0.2, 0) is 14.3 Å². The van der Waals surface area contributed by atoms with Crippen LogP contribution >= 0.6 is 22.9 Å². The van der Waals surface area contributed by atoms with Crippen LogP contribution in [0.4, 0.5) is 5.13 Å². The number of hydrogen-bond acceptors (Lipinski definition) is 8. The van der Waals surface area contributed by atoms with Crippen molar-refractivity contribution < 1.29 is 29.0 Å². The van der Waals surface area contributed by atoms with Gasteiger partial charge in [-0.25, -0.2) is 9.78 Å². The molecule has 0 saturated carbocycles. The summed E-state index contributed by atoms with van der Waals surface area (Å²) in [5.74, 6) is -2.10. The van der Waals surface area contributed by atoms with Gasteiger partial charge in [0.25, 0.3) is 5.78 Å². The lowest BCUT2D eigenvalue weighted by atomic mass is 9.95. The van der Waals surface area contributed by atoms with E-state index in [0.29, 0.717) is 34.2 Å². The van der Waals surface area contributed by atoms with Crippen LogP contribution in [0.15, 0.2) is 60.7 Å². The highest BCUT2D eigenvalue weighted by molar-refractivity contribution is 7.17. The van der Waals surface area contributed by atoms with Crippen LogP contribution in [0.3, 0.4) is 0 Å². The van der Waals surface area contributed by atoms with Crippen molar-refractivity contribution in [2.45, 2.75) is 26.8 Å². The van der Waals surface area contributed by atoms with Crippen LogP contribution in [0, 0.1) is 13.8 Å². The van der Waals surface area contributed by atoms with Gasteiger partial charge in [-0.1, -0.05) is 47.7 Å². The molecule has 0 radical (unpaired) electrons. The predicted molar refractivity (Wildman–Crippen MR) is 146 cm³/mol. The van der Waals surface area contributed by atoms with E-state index >= 15 is 0 Å². The molecule has 0 spiro atoms. The van der Waals surface area contributed by atoms with E-state index < -0.39 is 23.7 Å². The van der Waals surface area contributed by atoms with Gasteiger partial charge >= 0.3 is 11.9 Å². The number of carbonyl (C=O) groups excluding carboxylic acids is 3. The fraction of sp³-hybridized carbons (Fsp3) is 0.214. The van der Waals surface area contributed by atoms with Crippen LogP contribution in [0.5, 0.6) is 5.75 Å². The molecule has 3 aromatic rings. The van der Waals surface area contributed by atoms with E-state index in [-0.39, 0.29) is 27.9 Å². The average molecular weight is 553 g/mol. The number of thiazole rings is 1. The maximum absolute atomic E-state index is 13.4. The number of ether oxygens (including phenoxy) is 2. The average Bonchev–Trinajstić information content (AvgIpc) is 3.40. The summed E-state index contributed by atoms with van der Waals surface area (Å²) in [6.07, 6.45) is 1.44. The number of aryl methyl sites for hydroxylation is 2. The molecule has 1 saturated heterocycles. The molecule has 8 nitrogen and oxygen atoms in total. The van der Waals surface area contributed by atoms with Crippen molar-refractivity contribution in [3.8, 4) is 5.75 Å². The van der Waals surface area contributed by atoms with Crippen molar-refractivity contribution >= 4 is 51.5 Å². The third kappa shape index (κ3) is 5.07. The molecule has 38 heavy (non-hydrogen) atoms.